The van der Waals surface area contributed by atoms with Gasteiger partial charge >= 0.3 is 0 Å². The van der Waals surface area contributed by atoms with Crippen LogP contribution >= 0.6 is 0 Å². The first kappa shape index (κ1) is 96.6. The van der Waals surface area contributed by atoms with Gasteiger partial charge in [0.05, 0.1) is 82.0 Å². The molecule has 5 aliphatic heterocycles. The lowest BCUT2D eigenvalue weighted by molar-refractivity contribution is -0.0262. The van der Waals surface area contributed by atoms with E-state index in [4.69, 9.17) is 58.8 Å². The minimum atomic E-state index is -0.473. The maximum Gasteiger partial charge on any atom is 0.278 e. The van der Waals surface area contributed by atoms with E-state index in [1.807, 2.05) is 122 Å². The standard InChI is InChI=1S/C22H23N3O3.2C21H22N4O3.C21H21N3O4.C21H21N3O3/c1-22(2)12-15(14-28-22)13-27-21-18-7-6-17(11-16(18)8-10-24-21)25-20(26)19-5-3-4-9-23-19;1-13-11-16(7-10-27-13)28-21-17-5-4-15(12-14(17)6-9-24-21)25-20(26)19-18(22)3-2-8-23-19;1-13-10-27-11-15(13)12-28-21-17-5-4-16(9-14(17)6-8-24-21)25-20(26)19-18(22)3-2-7-23-19;1-13-11-16(7-10-27-13)28-21-17-5-4-15(12-14(17)6-9-23-21)24-20(26)19-18(25)3-2-8-22-19;1-14-11-26-12-16(14)13-27-21-18-6-5-17(10-15(18)7-9-23-21)24-20(25)19-4-2-3-8-22-19/h3-11,15H,12-14H2,1-2H3,(H,25,26);2-6,8-9,12-13,16H,7,10-11,22H2,1H3,(H,25,26);2-9,13,15H,10-12,22H2,1H3,(H,25,26);2-6,8-9,12-13,16,25H,7,10-11H2,1H3,(H,24,26);2-10,14,16H,11-13H2,1H3,(H,24,25). The molecule has 0 radical (unpaired) electrons. The Morgan fingerprint density at radius 2 is 0.719 bits per heavy atom. The summed E-state index contributed by atoms with van der Waals surface area (Å²) in [4.78, 5) is 104. The Balaban J connectivity index is 0.000000125. The van der Waals surface area contributed by atoms with E-state index in [2.05, 4.69) is 111 Å². The molecule has 0 aliphatic carbocycles. The third-order valence-electron chi connectivity index (χ3n) is 24.1. The van der Waals surface area contributed by atoms with Crippen molar-refractivity contribution >= 4 is 123 Å². The molecule has 0 bridgehead atoms. The lowest BCUT2D eigenvalue weighted by Crippen LogP contribution is -2.31. The van der Waals surface area contributed by atoms with Crippen molar-refractivity contribution in [3.05, 3.63) is 285 Å². The normalized spacial score (nSPS) is 19.0. The molecule has 33 heteroatoms. The van der Waals surface area contributed by atoms with Crippen LogP contribution < -0.4 is 61.7 Å². The number of benzene rings is 5. The Labute approximate surface area is 802 Å². The van der Waals surface area contributed by atoms with Crippen molar-refractivity contribution < 1.29 is 76.4 Å². The fourth-order valence-corrected chi connectivity index (χ4v) is 16.5. The lowest BCUT2D eigenvalue weighted by atomic mass is 9.99. The predicted molar refractivity (Wildman–Crippen MR) is 530 cm³/mol. The Morgan fingerprint density at radius 3 is 1.06 bits per heavy atom. The topological polar surface area (TPSA) is 439 Å². The fourth-order valence-electron chi connectivity index (χ4n) is 16.5. The van der Waals surface area contributed by atoms with Crippen molar-refractivity contribution in [1.29, 1.82) is 0 Å². The van der Waals surface area contributed by atoms with Gasteiger partial charge in [-0.25, -0.2) is 39.9 Å². The fraction of sp³-hybridized carbons (Fsp3) is 0.292. The second-order valence-electron chi connectivity index (χ2n) is 35.2. The summed E-state index contributed by atoms with van der Waals surface area (Å²) in [6.45, 7) is 19.5. The largest absolute Gasteiger partial charge is 0.505 e. The van der Waals surface area contributed by atoms with Crippen molar-refractivity contribution in [2.45, 2.75) is 104 Å². The van der Waals surface area contributed by atoms with Gasteiger partial charge in [0, 0.05) is 174 Å². The monoisotopic (exact) mass is 1880 g/mol. The third kappa shape index (κ3) is 25.8. The highest BCUT2D eigenvalue weighted by molar-refractivity contribution is 6.10. The Hall–Kier alpha value is -15.6. The Kier molecular flexibility index (Phi) is 31.9. The summed E-state index contributed by atoms with van der Waals surface area (Å²) in [6, 6.07) is 57.6. The van der Waals surface area contributed by atoms with Crippen LogP contribution in [0, 0.1) is 29.6 Å². The molecule has 714 valence electrons. The molecule has 15 aromatic rings. The predicted octanol–water partition coefficient (Wildman–Crippen LogP) is 17.7. The van der Waals surface area contributed by atoms with E-state index in [0.29, 0.717) is 150 Å². The lowest BCUT2D eigenvalue weighted by Gasteiger charge is -2.27. The van der Waals surface area contributed by atoms with Crippen LogP contribution in [-0.2, 0) is 23.7 Å². The van der Waals surface area contributed by atoms with E-state index in [1.54, 1.807) is 116 Å². The third-order valence-corrected chi connectivity index (χ3v) is 24.1. The number of anilines is 7. The summed E-state index contributed by atoms with van der Waals surface area (Å²) in [5, 5.41) is 33.1. The first-order valence-corrected chi connectivity index (χ1v) is 46.1. The zero-order chi connectivity index (χ0) is 96.7. The van der Waals surface area contributed by atoms with Gasteiger partial charge in [-0.15, -0.1) is 0 Å². The second-order valence-corrected chi connectivity index (χ2v) is 35.2. The molecule has 0 spiro atoms. The average molecular weight is 1880 g/mol. The summed E-state index contributed by atoms with van der Waals surface area (Å²) in [7, 11) is 0. The van der Waals surface area contributed by atoms with Crippen LogP contribution in [0.25, 0.3) is 53.9 Å². The molecule has 5 aromatic carbocycles. The molecule has 139 heavy (non-hydrogen) atoms. The number of hydrogen-bond donors (Lipinski definition) is 8. The first-order valence-electron chi connectivity index (χ1n) is 46.1. The van der Waals surface area contributed by atoms with Gasteiger partial charge < -0.3 is 90.5 Å². The van der Waals surface area contributed by atoms with Crippen LogP contribution in [-0.4, -0.2) is 181 Å². The van der Waals surface area contributed by atoms with Crippen molar-refractivity contribution in [3.63, 3.8) is 0 Å². The minimum absolute atomic E-state index is 0.0185. The zero-order valence-electron chi connectivity index (χ0n) is 77.7. The molecule has 9 atom stereocenters. The van der Waals surface area contributed by atoms with Gasteiger partial charge in [0.15, 0.2) is 17.1 Å². The number of hydrogen-bond acceptors (Lipinski definition) is 28. The summed E-state index contributed by atoms with van der Waals surface area (Å²) in [6.07, 6.45) is 21.2. The number of fused-ring (bicyclic) bond motifs is 5. The van der Waals surface area contributed by atoms with Crippen LogP contribution in [0.4, 0.5) is 39.8 Å². The van der Waals surface area contributed by atoms with Crippen molar-refractivity contribution in [2.75, 3.05) is 104 Å². The number of amides is 5. The van der Waals surface area contributed by atoms with Crippen LogP contribution in [0.2, 0.25) is 0 Å². The first-order chi connectivity index (χ1) is 67.5. The summed E-state index contributed by atoms with van der Waals surface area (Å²) >= 11 is 0. The molecular weight excluding hydrogens is 1770 g/mol. The summed E-state index contributed by atoms with van der Waals surface area (Å²) < 4.78 is 58.1. The van der Waals surface area contributed by atoms with Crippen molar-refractivity contribution in [3.8, 4) is 35.1 Å². The number of aromatic hydroxyl groups is 1. The second kappa shape index (κ2) is 45.9. The number of carbonyl (C=O) groups is 5. The van der Waals surface area contributed by atoms with Gasteiger partial charge in [-0.05, 0) is 255 Å². The summed E-state index contributed by atoms with van der Waals surface area (Å²) in [5.41, 5.74) is 16.7. The van der Waals surface area contributed by atoms with Crippen LogP contribution in [0.15, 0.2) is 256 Å². The molecule has 5 fully saturated rings. The number of aromatic nitrogens is 10. The number of nitrogens with zero attached hydrogens (tertiary/aromatic N) is 10. The molecule has 33 nitrogen and oxygen atoms in total. The number of nitrogens with one attached hydrogen (secondary N) is 5. The number of carbonyl (C=O) groups excluding carboxylic acids is 5. The van der Waals surface area contributed by atoms with E-state index >= 15 is 0 Å². The highest BCUT2D eigenvalue weighted by Gasteiger charge is 2.34. The van der Waals surface area contributed by atoms with E-state index < -0.39 is 5.91 Å². The van der Waals surface area contributed by atoms with E-state index in [9.17, 15) is 29.1 Å². The number of pyridine rings is 10. The van der Waals surface area contributed by atoms with Crippen LogP contribution in [0.5, 0.6) is 35.1 Å². The molecule has 0 saturated carbocycles. The molecule has 5 saturated heterocycles. The highest BCUT2D eigenvalue weighted by Crippen LogP contribution is 2.37. The Morgan fingerprint density at radius 1 is 0.374 bits per heavy atom. The smallest absolute Gasteiger partial charge is 0.278 e. The van der Waals surface area contributed by atoms with E-state index in [0.717, 1.165) is 112 Å². The summed E-state index contributed by atoms with van der Waals surface area (Å²) in [5.74, 6) is 3.27. The maximum atomic E-state index is 12.4. The van der Waals surface area contributed by atoms with Crippen molar-refractivity contribution in [1.82, 2.24) is 49.8 Å². The van der Waals surface area contributed by atoms with Gasteiger partial charge in [-0.1, -0.05) is 26.0 Å². The van der Waals surface area contributed by atoms with Gasteiger partial charge in [0.2, 0.25) is 29.4 Å². The van der Waals surface area contributed by atoms with E-state index in [1.165, 1.54) is 24.7 Å². The molecule has 5 amide bonds. The molecule has 10 N–H and O–H groups in total. The van der Waals surface area contributed by atoms with Gasteiger partial charge in [-0.3, -0.25) is 33.9 Å². The highest BCUT2D eigenvalue weighted by atomic mass is 16.5. The Bertz CT molecular complexity index is 6670. The number of rotatable bonds is 23. The minimum Gasteiger partial charge on any atom is -0.505 e. The number of nitrogen functional groups attached to an aromatic ring is 2. The number of ether oxygens (including phenoxy) is 10. The average Bonchev–Trinajstić information content (AvgIpc) is 1.23. The molecular formula is C106H109N17O16. The van der Waals surface area contributed by atoms with E-state index in [-0.39, 0.29) is 76.5 Å². The van der Waals surface area contributed by atoms with Gasteiger partial charge in [0.1, 0.15) is 29.3 Å². The zero-order valence-corrected chi connectivity index (χ0v) is 77.7. The van der Waals surface area contributed by atoms with Crippen LogP contribution in [0.3, 0.4) is 0 Å². The molecule has 20 rings (SSSR count). The van der Waals surface area contributed by atoms with Crippen LogP contribution in [0.1, 0.15) is 126 Å². The quantitative estimate of drug-likeness (QED) is 0.0295. The number of nitrogens with two attached hydrogens (primary N) is 2. The van der Waals surface area contributed by atoms with Gasteiger partial charge in [-0.2, -0.15) is 0 Å². The maximum absolute atomic E-state index is 12.4. The molecule has 10 aromatic heterocycles. The van der Waals surface area contributed by atoms with Crippen molar-refractivity contribution in [2.24, 2.45) is 29.6 Å². The molecule has 9 unspecified atom stereocenters. The van der Waals surface area contributed by atoms with Gasteiger partial charge in [0.25, 0.3) is 29.5 Å². The molecule has 5 aliphatic rings. The molecule has 15 heterocycles. The SMILES string of the molecule is CC1(C)CC(COc2nccc3cc(NC(=O)c4ccccn4)ccc23)CO1.CC1CC(Oc2nccc3cc(NC(=O)c4ncccc4N)ccc23)CCO1.CC1CC(Oc2nccc3cc(NC(=O)c4ncccc4O)ccc23)CCO1.CC1COCC1COc1nccc2cc(NC(=O)c3ccccn3)ccc12.CC1COCC1COc1nccc2cc(NC(=O)c3ncccc3N)ccc12.